The number of halogens is 1. The molecule has 1 amide bonds. The van der Waals surface area contributed by atoms with Gasteiger partial charge in [0.2, 0.25) is 0 Å². The Balaban J connectivity index is 2.94. The summed E-state index contributed by atoms with van der Waals surface area (Å²) in [6.45, 7) is 4.52. The molecule has 0 spiro atoms. The van der Waals surface area contributed by atoms with E-state index in [1.807, 2.05) is 13.8 Å². The van der Waals surface area contributed by atoms with E-state index in [2.05, 4.69) is 15.9 Å². The summed E-state index contributed by atoms with van der Waals surface area (Å²) < 4.78 is 0. The first kappa shape index (κ1) is 14.8. The molecule has 0 bridgehead atoms. The van der Waals surface area contributed by atoms with Gasteiger partial charge in [-0.25, -0.2) is 0 Å². The number of phenolic OH excluding ortho intramolecular Hbond substituents is 2. The minimum Gasteiger partial charge on any atom is -0.508 e. The van der Waals surface area contributed by atoms with E-state index >= 15 is 0 Å². The largest absolute Gasteiger partial charge is 0.508 e. The Morgan fingerprint density at radius 2 is 1.83 bits per heavy atom. The van der Waals surface area contributed by atoms with Crippen LogP contribution in [0.15, 0.2) is 18.2 Å². The summed E-state index contributed by atoms with van der Waals surface area (Å²) >= 11 is 3.34. The highest BCUT2D eigenvalue weighted by atomic mass is 79.9. The monoisotopic (exact) mass is 315 g/mol. The van der Waals surface area contributed by atoms with Crippen LogP contribution < -0.4 is 0 Å². The van der Waals surface area contributed by atoms with Gasteiger partial charge in [-0.3, -0.25) is 4.79 Å². The highest BCUT2D eigenvalue weighted by molar-refractivity contribution is 9.09. The second-order valence-electron chi connectivity index (χ2n) is 4.37. The molecule has 100 valence electrons. The summed E-state index contributed by atoms with van der Waals surface area (Å²) in [6, 6.07) is 4.01. The summed E-state index contributed by atoms with van der Waals surface area (Å²) in [6.07, 6.45) is 0.856. The number of carbonyl (C=O) groups is 1. The highest BCUT2D eigenvalue weighted by Gasteiger charge is 2.19. The molecule has 1 aromatic rings. The van der Waals surface area contributed by atoms with Crippen molar-refractivity contribution in [3.05, 3.63) is 23.8 Å². The Labute approximate surface area is 115 Å². The lowest BCUT2D eigenvalue weighted by Crippen LogP contribution is -2.37. The molecule has 2 N–H and O–H groups in total. The molecule has 18 heavy (non-hydrogen) atoms. The minimum absolute atomic E-state index is 0.0704. The first-order valence-corrected chi connectivity index (χ1v) is 6.97. The lowest BCUT2D eigenvalue weighted by Gasteiger charge is -2.26. The molecule has 0 unspecified atom stereocenters. The van der Waals surface area contributed by atoms with E-state index in [1.165, 1.54) is 18.2 Å². The van der Waals surface area contributed by atoms with Crippen molar-refractivity contribution in [1.82, 2.24) is 4.90 Å². The number of rotatable bonds is 5. The zero-order chi connectivity index (χ0) is 13.7. The number of aromatic hydroxyl groups is 2. The first-order chi connectivity index (χ1) is 8.45. The third-order valence-corrected chi connectivity index (χ3v) is 3.13. The van der Waals surface area contributed by atoms with E-state index < -0.39 is 0 Å². The molecule has 0 aromatic heterocycles. The van der Waals surface area contributed by atoms with Gasteiger partial charge in [0.05, 0.1) is 0 Å². The van der Waals surface area contributed by atoms with Crippen molar-refractivity contribution in [3.8, 4) is 11.5 Å². The topological polar surface area (TPSA) is 60.8 Å². The molecule has 0 saturated heterocycles. The van der Waals surface area contributed by atoms with Crippen molar-refractivity contribution >= 4 is 21.8 Å². The van der Waals surface area contributed by atoms with Gasteiger partial charge in [-0.05, 0) is 32.4 Å². The van der Waals surface area contributed by atoms with E-state index in [9.17, 15) is 15.0 Å². The van der Waals surface area contributed by atoms with Crippen LogP contribution in [0.5, 0.6) is 11.5 Å². The number of carbonyl (C=O) groups excluding carboxylic acids is 1. The number of alkyl halides is 1. The molecular weight excluding hydrogens is 298 g/mol. The van der Waals surface area contributed by atoms with Crippen LogP contribution >= 0.6 is 15.9 Å². The van der Waals surface area contributed by atoms with Crippen LogP contribution in [0, 0.1) is 0 Å². The highest BCUT2D eigenvalue weighted by Crippen LogP contribution is 2.22. The average Bonchev–Trinajstić information content (AvgIpc) is 2.27. The third-order valence-electron chi connectivity index (χ3n) is 2.57. The molecule has 0 saturated carbocycles. The zero-order valence-electron chi connectivity index (χ0n) is 10.6. The number of nitrogens with zero attached hydrogens (tertiary/aromatic N) is 1. The van der Waals surface area contributed by atoms with Crippen LogP contribution in [-0.4, -0.2) is 38.9 Å². The molecule has 4 nitrogen and oxygen atoms in total. The van der Waals surface area contributed by atoms with Crippen LogP contribution in [-0.2, 0) is 0 Å². The smallest absolute Gasteiger partial charge is 0.254 e. The van der Waals surface area contributed by atoms with Crippen LogP contribution in [0.2, 0.25) is 0 Å². The molecule has 1 aromatic carbocycles. The molecule has 0 aliphatic rings. The van der Waals surface area contributed by atoms with Crippen molar-refractivity contribution in [2.45, 2.75) is 26.3 Å². The van der Waals surface area contributed by atoms with E-state index in [0.717, 1.165) is 11.8 Å². The van der Waals surface area contributed by atoms with Gasteiger partial charge in [0.25, 0.3) is 5.91 Å². The molecule has 0 fully saturated rings. The number of benzene rings is 1. The van der Waals surface area contributed by atoms with Gasteiger partial charge in [0.15, 0.2) is 0 Å². The van der Waals surface area contributed by atoms with Gasteiger partial charge in [-0.2, -0.15) is 0 Å². The quantitative estimate of drug-likeness (QED) is 0.821. The summed E-state index contributed by atoms with van der Waals surface area (Å²) in [5, 5.41) is 19.6. The molecule has 0 atom stereocenters. The van der Waals surface area contributed by atoms with Crippen molar-refractivity contribution in [2.24, 2.45) is 0 Å². The molecule has 0 aliphatic carbocycles. The summed E-state index contributed by atoms with van der Waals surface area (Å²) in [4.78, 5) is 14.0. The van der Waals surface area contributed by atoms with E-state index in [4.69, 9.17) is 0 Å². The summed E-state index contributed by atoms with van der Waals surface area (Å²) in [5.74, 6) is -0.401. The predicted octanol–water partition coefficient (Wildman–Crippen LogP) is 2.73. The zero-order valence-corrected chi connectivity index (χ0v) is 12.1. The summed E-state index contributed by atoms with van der Waals surface area (Å²) in [7, 11) is 0. The van der Waals surface area contributed by atoms with Crippen molar-refractivity contribution in [1.29, 1.82) is 0 Å². The maximum atomic E-state index is 12.3. The fourth-order valence-electron chi connectivity index (χ4n) is 1.71. The first-order valence-electron chi connectivity index (χ1n) is 5.85. The van der Waals surface area contributed by atoms with E-state index in [1.54, 1.807) is 4.90 Å². The SMILES string of the molecule is CC(C)N(CCCBr)C(=O)c1cc(O)cc(O)c1. The minimum atomic E-state index is -0.183. The maximum absolute atomic E-state index is 12.3. The van der Waals surface area contributed by atoms with Gasteiger partial charge in [0.1, 0.15) is 11.5 Å². The van der Waals surface area contributed by atoms with E-state index in [0.29, 0.717) is 12.1 Å². The molecule has 0 aliphatic heterocycles. The molecular formula is C13H18BrNO3. The van der Waals surface area contributed by atoms with Gasteiger partial charge >= 0.3 is 0 Å². The number of hydrogen-bond donors (Lipinski definition) is 2. The second-order valence-corrected chi connectivity index (χ2v) is 5.17. The van der Waals surface area contributed by atoms with Gasteiger partial charge in [-0.1, -0.05) is 15.9 Å². The normalized spacial score (nSPS) is 10.7. The van der Waals surface area contributed by atoms with Gasteiger partial charge < -0.3 is 15.1 Å². The standard InChI is InChI=1S/C13H18BrNO3/c1-9(2)15(5-3-4-14)13(18)10-6-11(16)8-12(17)7-10/h6-9,16-17H,3-5H2,1-2H3. The van der Waals surface area contributed by atoms with Gasteiger partial charge in [-0.15, -0.1) is 0 Å². The fraction of sp³-hybridized carbons (Fsp3) is 0.462. The lowest BCUT2D eigenvalue weighted by molar-refractivity contribution is 0.0706. The Kier molecular flexibility index (Phi) is 5.47. The number of amides is 1. The van der Waals surface area contributed by atoms with Crippen LogP contribution in [0.4, 0.5) is 0 Å². The molecule has 5 heteroatoms. The van der Waals surface area contributed by atoms with Crippen LogP contribution in [0.1, 0.15) is 30.6 Å². The van der Waals surface area contributed by atoms with Gasteiger partial charge in [0, 0.05) is 29.5 Å². The number of phenols is 2. The third kappa shape index (κ3) is 3.91. The predicted molar refractivity (Wildman–Crippen MR) is 74.4 cm³/mol. The second kappa shape index (κ2) is 6.64. The van der Waals surface area contributed by atoms with Crippen molar-refractivity contribution in [3.63, 3.8) is 0 Å². The molecule has 0 radical (unpaired) electrons. The Hall–Kier alpha value is -1.23. The summed E-state index contributed by atoms with van der Waals surface area (Å²) in [5.41, 5.74) is 0.302. The Morgan fingerprint density at radius 3 is 2.28 bits per heavy atom. The maximum Gasteiger partial charge on any atom is 0.254 e. The lowest BCUT2D eigenvalue weighted by atomic mass is 10.1. The average molecular weight is 316 g/mol. The van der Waals surface area contributed by atoms with E-state index in [-0.39, 0.29) is 23.4 Å². The van der Waals surface area contributed by atoms with Crippen LogP contribution in [0.3, 0.4) is 0 Å². The Morgan fingerprint density at radius 1 is 1.28 bits per heavy atom. The van der Waals surface area contributed by atoms with Crippen molar-refractivity contribution < 1.29 is 15.0 Å². The molecule has 0 heterocycles. The van der Waals surface area contributed by atoms with Crippen LogP contribution in [0.25, 0.3) is 0 Å². The number of hydrogen-bond acceptors (Lipinski definition) is 3. The molecule has 1 rings (SSSR count). The Bertz CT molecular complexity index is 400. The van der Waals surface area contributed by atoms with Crippen molar-refractivity contribution in [2.75, 3.05) is 11.9 Å². The fourth-order valence-corrected chi connectivity index (χ4v) is 1.96.